The van der Waals surface area contributed by atoms with Crippen LogP contribution in [0.5, 0.6) is 0 Å². The first kappa shape index (κ1) is 18.6. The van der Waals surface area contributed by atoms with Gasteiger partial charge in [0.25, 0.3) is 10.0 Å². The molecule has 0 aliphatic carbocycles. The fourth-order valence-electron chi connectivity index (χ4n) is 2.22. The molecular weight excluding hydrogens is 371 g/mol. The average molecular weight is 387 g/mol. The highest BCUT2D eigenvalue weighted by Gasteiger charge is 2.24. The number of hydrogen-bond acceptors (Lipinski definition) is 3. The summed E-state index contributed by atoms with van der Waals surface area (Å²) >= 11 is 11.9. The lowest BCUT2D eigenvalue weighted by molar-refractivity contribution is -0.114. The number of nitrogens with zero attached hydrogens (tertiary/aromatic N) is 1. The van der Waals surface area contributed by atoms with Crippen molar-refractivity contribution in [1.29, 1.82) is 0 Å². The number of benzene rings is 2. The second-order valence-electron chi connectivity index (χ2n) is 5.00. The molecular formula is C16H16Cl2N2O3S. The second kappa shape index (κ2) is 7.42. The van der Waals surface area contributed by atoms with E-state index in [1.54, 1.807) is 19.1 Å². The summed E-state index contributed by atoms with van der Waals surface area (Å²) in [6.07, 6.45) is 0. The summed E-state index contributed by atoms with van der Waals surface area (Å²) in [6.45, 7) is 3.32. The second-order valence-corrected chi connectivity index (χ2v) is 7.74. The van der Waals surface area contributed by atoms with Crippen LogP contribution in [0.3, 0.4) is 0 Å². The molecule has 2 aromatic carbocycles. The smallest absolute Gasteiger partial charge is 0.264 e. The predicted octanol–water partition coefficient (Wildman–Crippen LogP) is 4.17. The van der Waals surface area contributed by atoms with Crippen LogP contribution in [0.1, 0.15) is 13.8 Å². The first-order valence-electron chi connectivity index (χ1n) is 7.10. The highest BCUT2D eigenvalue weighted by atomic mass is 35.5. The Morgan fingerprint density at radius 1 is 1.08 bits per heavy atom. The van der Waals surface area contributed by atoms with Crippen LogP contribution in [0.4, 0.5) is 11.4 Å². The van der Waals surface area contributed by atoms with Crippen molar-refractivity contribution < 1.29 is 13.2 Å². The van der Waals surface area contributed by atoms with E-state index in [1.165, 1.54) is 41.6 Å². The molecule has 24 heavy (non-hydrogen) atoms. The highest BCUT2D eigenvalue weighted by molar-refractivity contribution is 7.92. The molecule has 2 aromatic rings. The number of nitrogens with one attached hydrogen (secondary N) is 1. The van der Waals surface area contributed by atoms with E-state index in [1.807, 2.05) is 0 Å². The van der Waals surface area contributed by atoms with Crippen LogP contribution in [0.25, 0.3) is 0 Å². The van der Waals surface area contributed by atoms with Gasteiger partial charge >= 0.3 is 0 Å². The largest absolute Gasteiger partial charge is 0.326 e. The summed E-state index contributed by atoms with van der Waals surface area (Å²) in [5.41, 5.74) is 0.913. The first-order valence-corrected chi connectivity index (χ1v) is 9.30. The number of carbonyl (C=O) groups excluding carboxylic acids is 1. The van der Waals surface area contributed by atoms with Gasteiger partial charge in [-0.3, -0.25) is 9.10 Å². The molecule has 0 radical (unpaired) electrons. The van der Waals surface area contributed by atoms with Crippen molar-refractivity contribution in [3.05, 3.63) is 52.5 Å². The molecule has 0 heterocycles. The van der Waals surface area contributed by atoms with Crippen LogP contribution in [0.2, 0.25) is 10.0 Å². The molecule has 5 nitrogen and oxygen atoms in total. The van der Waals surface area contributed by atoms with E-state index in [-0.39, 0.29) is 17.3 Å². The van der Waals surface area contributed by atoms with Crippen LogP contribution in [0, 0.1) is 0 Å². The normalized spacial score (nSPS) is 11.2. The standard InChI is InChI=1S/C16H16Cl2N2O3S/c1-3-20(15-9-12(17)8-13(18)10-15)24(22,23)16-6-4-14(5-7-16)19-11(2)21/h4-10H,3H2,1-2H3,(H,19,21). The minimum atomic E-state index is -3.78. The predicted molar refractivity (Wildman–Crippen MR) is 97.4 cm³/mol. The summed E-state index contributed by atoms with van der Waals surface area (Å²) in [5.74, 6) is -0.227. The maximum Gasteiger partial charge on any atom is 0.264 e. The van der Waals surface area contributed by atoms with Gasteiger partial charge < -0.3 is 5.32 Å². The van der Waals surface area contributed by atoms with Crippen LogP contribution in [-0.4, -0.2) is 20.9 Å². The van der Waals surface area contributed by atoms with E-state index in [9.17, 15) is 13.2 Å². The summed E-state index contributed by atoms with van der Waals surface area (Å²) in [6, 6.07) is 10.6. The molecule has 0 aromatic heterocycles. The molecule has 1 N–H and O–H groups in total. The summed E-state index contributed by atoms with van der Waals surface area (Å²) < 4.78 is 27.0. The lowest BCUT2D eigenvalue weighted by Gasteiger charge is -2.23. The Kier molecular flexibility index (Phi) is 5.74. The van der Waals surface area contributed by atoms with Crippen molar-refractivity contribution in [2.75, 3.05) is 16.2 Å². The molecule has 0 bridgehead atoms. The highest BCUT2D eigenvalue weighted by Crippen LogP contribution is 2.29. The lowest BCUT2D eigenvalue weighted by atomic mass is 10.3. The van der Waals surface area contributed by atoms with E-state index in [4.69, 9.17) is 23.2 Å². The van der Waals surface area contributed by atoms with Gasteiger partial charge in [-0.05, 0) is 49.4 Å². The molecule has 128 valence electrons. The zero-order chi connectivity index (χ0) is 17.9. The van der Waals surface area contributed by atoms with Gasteiger partial charge in [-0.15, -0.1) is 0 Å². The lowest BCUT2D eigenvalue weighted by Crippen LogP contribution is -2.30. The quantitative estimate of drug-likeness (QED) is 0.838. The van der Waals surface area contributed by atoms with Crippen LogP contribution < -0.4 is 9.62 Å². The van der Waals surface area contributed by atoms with Gasteiger partial charge in [0.2, 0.25) is 5.91 Å². The van der Waals surface area contributed by atoms with Gasteiger partial charge in [-0.25, -0.2) is 8.42 Å². The molecule has 0 aliphatic heterocycles. The molecule has 2 rings (SSSR count). The van der Waals surface area contributed by atoms with Crippen LogP contribution in [0.15, 0.2) is 47.4 Å². The third-order valence-electron chi connectivity index (χ3n) is 3.19. The maximum absolute atomic E-state index is 12.9. The number of anilines is 2. The number of sulfonamides is 1. The summed E-state index contributed by atoms with van der Waals surface area (Å²) in [5, 5.41) is 3.30. The molecule has 0 saturated heterocycles. The van der Waals surface area contributed by atoms with Gasteiger partial charge in [0.15, 0.2) is 0 Å². The van der Waals surface area contributed by atoms with Crippen molar-refractivity contribution >= 4 is 50.5 Å². The number of carbonyl (C=O) groups is 1. The first-order chi connectivity index (χ1) is 11.2. The SMILES string of the molecule is CCN(c1cc(Cl)cc(Cl)c1)S(=O)(=O)c1ccc(NC(C)=O)cc1. The third kappa shape index (κ3) is 4.20. The number of halogens is 2. The van der Waals surface area contributed by atoms with E-state index in [0.717, 1.165) is 0 Å². The number of rotatable bonds is 5. The Hall–Kier alpha value is -1.76. The van der Waals surface area contributed by atoms with Crippen molar-refractivity contribution in [2.24, 2.45) is 0 Å². The van der Waals surface area contributed by atoms with Crippen LogP contribution in [-0.2, 0) is 14.8 Å². The molecule has 0 fully saturated rings. The van der Waals surface area contributed by atoms with Gasteiger partial charge in [-0.1, -0.05) is 23.2 Å². The molecule has 8 heteroatoms. The third-order valence-corrected chi connectivity index (χ3v) is 5.54. The topological polar surface area (TPSA) is 66.5 Å². The minimum Gasteiger partial charge on any atom is -0.326 e. The Morgan fingerprint density at radius 2 is 1.62 bits per heavy atom. The molecule has 0 saturated carbocycles. The Bertz CT molecular complexity index is 832. The van der Waals surface area contributed by atoms with Crippen molar-refractivity contribution in [1.82, 2.24) is 0 Å². The van der Waals surface area contributed by atoms with Crippen molar-refractivity contribution in [3.8, 4) is 0 Å². The van der Waals surface area contributed by atoms with Gasteiger partial charge in [0.1, 0.15) is 0 Å². The van der Waals surface area contributed by atoms with Crippen LogP contribution >= 0.6 is 23.2 Å². The molecule has 1 amide bonds. The Morgan fingerprint density at radius 3 is 2.08 bits per heavy atom. The fraction of sp³-hybridized carbons (Fsp3) is 0.188. The van der Waals surface area contributed by atoms with E-state index in [0.29, 0.717) is 21.4 Å². The van der Waals surface area contributed by atoms with Crippen molar-refractivity contribution in [2.45, 2.75) is 18.7 Å². The maximum atomic E-state index is 12.9. The van der Waals surface area contributed by atoms with Gasteiger partial charge in [-0.2, -0.15) is 0 Å². The monoisotopic (exact) mass is 386 g/mol. The fourth-order valence-corrected chi connectivity index (χ4v) is 4.19. The molecule has 0 spiro atoms. The minimum absolute atomic E-state index is 0.106. The molecule has 0 unspecified atom stereocenters. The van der Waals surface area contributed by atoms with Crippen molar-refractivity contribution in [3.63, 3.8) is 0 Å². The number of hydrogen-bond donors (Lipinski definition) is 1. The Labute approximate surface area is 151 Å². The van der Waals surface area contributed by atoms with E-state index < -0.39 is 10.0 Å². The number of amides is 1. The molecule has 0 aliphatic rings. The summed E-state index contributed by atoms with van der Waals surface area (Å²) in [7, 11) is -3.78. The van der Waals surface area contributed by atoms with Gasteiger partial charge in [0, 0.05) is 29.2 Å². The van der Waals surface area contributed by atoms with E-state index in [2.05, 4.69) is 5.32 Å². The Balaban J connectivity index is 2.41. The zero-order valence-electron chi connectivity index (χ0n) is 13.1. The van der Waals surface area contributed by atoms with E-state index >= 15 is 0 Å². The molecule has 0 atom stereocenters. The van der Waals surface area contributed by atoms with Gasteiger partial charge in [0.05, 0.1) is 10.6 Å². The summed E-state index contributed by atoms with van der Waals surface area (Å²) in [4.78, 5) is 11.1. The zero-order valence-corrected chi connectivity index (χ0v) is 15.4. The average Bonchev–Trinajstić information content (AvgIpc) is 2.46.